The van der Waals surface area contributed by atoms with Gasteiger partial charge in [-0.1, -0.05) is 131 Å². The molecule has 4 aromatic carbocycles. The van der Waals surface area contributed by atoms with Crippen LogP contribution in [0.3, 0.4) is 0 Å². The lowest BCUT2D eigenvalue weighted by Crippen LogP contribution is -2.68. The normalized spacial score (nSPS) is 17.7. The van der Waals surface area contributed by atoms with Gasteiger partial charge in [0.2, 0.25) is 5.91 Å². The highest BCUT2D eigenvalue weighted by molar-refractivity contribution is 7.00. The van der Waals surface area contributed by atoms with Gasteiger partial charge < -0.3 is 18.6 Å². The fourth-order valence-electron chi connectivity index (χ4n) is 7.80. The van der Waals surface area contributed by atoms with Gasteiger partial charge in [0.05, 0.1) is 20.1 Å². The Balaban J connectivity index is 1.49. The zero-order valence-corrected chi connectivity index (χ0v) is 30.2. The third-order valence-electron chi connectivity index (χ3n) is 10.2. The molecule has 2 atom stereocenters. The molecule has 2 aliphatic rings. The smallest absolute Gasteiger partial charge is 0.417 e. The van der Waals surface area contributed by atoms with Gasteiger partial charge >= 0.3 is 14.4 Å². The van der Waals surface area contributed by atoms with Crippen molar-refractivity contribution in [1.29, 1.82) is 0 Å². The Hall–Kier alpha value is -4.56. The summed E-state index contributed by atoms with van der Waals surface area (Å²) in [6.07, 6.45) is 4.37. The predicted octanol–water partition coefficient (Wildman–Crippen LogP) is 8.03. The van der Waals surface area contributed by atoms with E-state index in [1.807, 2.05) is 54.6 Å². The zero-order chi connectivity index (χ0) is 34.6. The summed E-state index contributed by atoms with van der Waals surface area (Å²) in [6.45, 7) is 6.80. The molecule has 1 saturated carbocycles. The van der Waals surface area contributed by atoms with Crippen molar-refractivity contribution in [1.82, 2.24) is 4.90 Å². The van der Waals surface area contributed by atoms with Crippen LogP contribution >= 0.6 is 0 Å². The number of nitrogens with zero attached hydrogens (tertiary/aromatic N) is 1. The molecular weight excluding hydrogens is 631 g/mol. The molecule has 2 unspecified atom stereocenters. The quantitative estimate of drug-likeness (QED) is 0.158. The number of carbonyl (C=O) groups excluding carboxylic acids is 2. The van der Waals surface area contributed by atoms with Crippen molar-refractivity contribution in [3.8, 4) is 17.2 Å². The molecule has 0 N–H and O–H groups in total. The van der Waals surface area contributed by atoms with E-state index < -0.39 is 26.4 Å². The molecule has 1 aliphatic carbocycles. The van der Waals surface area contributed by atoms with E-state index in [2.05, 4.69) is 69.3 Å². The Morgan fingerprint density at radius 3 is 1.80 bits per heavy atom. The first kappa shape index (κ1) is 34.3. The molecule has 4 aromatic rings. The fraction of sp³-hybridized carbons (Fsp3) is 0.366. The molecule has 7 nitrogen and oxygen atoms in total. The molecule has 8 heteroatoms. The minimum absolute atomic E-state index is 0.0453. The Bertz CT molecular complexity index is 1670. The molecule has 6 rings (SSSR count). The SMILES string of the molecule is COc1cc(C(C(=O)N2C(=O)OCC2c2ccccc2)C2CCCCC2)cc(OC)c1O[Si](c1ccccc1)(c1ccccc1)C(C)(C)C. The Morgan fingerprint density at radius 2 is 1.31 bits per heavy atom. The molecule has 1 heterocycles. The van der Waals surface area contributed by atoms with Crippen LogP contribution in [0.2, 0.25) is 5.04 Å². The first-order valence-corrected chi connectivity index (χ1v) is 19.2. The van der Waals surface area contributed by atoms with Crippen LogP contribution in [0.15, 0.2) is 103 Å². The van der Waals surface area contributed by atoms with Crippen molar-refractivity contribution in [3.05, 3.63) is 114 Å². The molecule has 1 saturated heterocycles. The van der Waals surface area contributed by atoms with Gasteiger partial charge in [-0.05, 0) is 57.4 Å². The number of methoxy groups -OCH3 is 2. The highest BCUT2D eigenvalue weighted by Gasteiger charge is 2.53. The number of hydrogen-bond acceptors (Lipinski definition) is 6. The first-order chi connectivity index (χ1) is 23.7. The fourth-order valence-corrected chi connectivity index (χ4v) is 12.2. The molecule has 2 fully saturated rings. The van der Waals surface area contributed by atoms with E-state index in [1.165, 1.54) is 4.90 Å². The van der Waals surface area contributed by atoms with E-state index in [9.17, 15) is 9.59 Å². The van der Waals surface area contributed by atoms with Crippen LogP contribution in [0.1, 0.15) is 76.0 Å². The van der Waals surface area contributed by atoms with E-state index >= 15 is 0 Å². The molecule has 0 aromatic heterocycles. The van der Waals surface area contributed by atoms with Gasteiger partial charge in [0.25, 0.3) is 0 Å². The van der Waals surface area contributed by atoms with Crippen molar-refractivity contribution in [3.63, 3.8) is 0 Å². The van der Waals surface area contributed by atoms with E-state index in [0.717, 1.165) is 53.6 Å². The Kier molecular flexibility index (Phi) is 10.2. The number of benzene rings is 4. The molecule has 0 radical (unpaired) electrons. The van der Waals surface area contributed by atoms with Gasteiger partial charge in [-0.2, -0.15) is 0 Å². The van der Waals surface area contributed by atoms with E-state index in [1.54, 1.807) is 14.2 Å². The van der Waals surface area contributed by atoms with Gasteiger partial charge in [0.1, 0.15) is 12.6 Å². The van der Waals surface area contributed by atoms with Crippen LogP contribution in [0, 0.1) is 5.92 Å². The maximum atomic E-state index is 14.8. The maximum absolute atomic E-state index is 14.8. The highest BCUT2D eigenvalue weighted by atomic mass is 28.4. The van der Waals surface area contributed by atoms with Crippen LogP contribution in [-0.2, 0) is 9.53 Å². The largest absolute Gasteiger partial charge is 0.529 e. The van der Waals surface area contributed by atoms with Gasteiger partial charge in [0.15, 0.2) is 17.2 Å². The third kappa shape index (κ3) is 6.58. The Labute approximate surface area is 291 Å². The van der Waals surface area contributed by atoms with Gasteiger partial charge in [-0.25, -0.2) is 9.69 Å². The third-order valence-corrected chi connectivity index (χ3v) is 15.1. The van der Waals surface area contributed by atoms with E-state index in [-0.39, 0.29) is 23.5 Å². The lowest BCUT2D eigenvalue weighted by Gasteiger charge is -2.43. The summed E-state index contributed by atoms with van der Waals surface area (Å²) in [6, 6.07) is 33.8. The second-order valence-corrected chi connectivity index (χ2v) is 18.3. The monoisotopic (exact) mass is 677 g/mol. The lowest BCUT2D eigenvalue weighted by molar-refractivity contribution is -0.132. The van der Waals surface area contributed by atoms with Crippen molar-refractivity contribution in [2.75, 3.05) is 20.8 Å². The van der Waals surface area contributed by atoms with Crippen molar-refractivity contribution in [2.24, 2.45) is 5.92 Å². The lowest BCUT2D eigenvalue weighted by atomic mass is 9.75. The number of amides is 2. The summed E-state index contributed by atoms with van der Waals surface area (Å²) in [5, 5.41) is 1.95. The summed E-state index contributed by atoms with van der Waals surface area (Å²) in [4.78, 5) is 29.4. The second-order valence-electron chi connectivity index (χ2n) is 14.1. The molecule has 2 amide bonds. The van der Waals surface area contributed by atoms with Crippen LogP contribution in [-0.4, -0.2) is 46.0 Å². The first-order valence-electron chi connectivity index (χ1n) is 17.3. The zero-order valence-electron chi connectivity index (χ0n) is 29.2. The van der Waals surface area contributed by atoms with Crippen LogP contribution in [0.5, 0.6) is 17.2 Å². The average molecular weight is 678 g/mol. The van der Waals surface area contributed by atoms with Crippen molar-refractivity contribution < 1.29 is 28.2 Å². The second kappa shape index (κ2) is 14.5. The number of ether oxygens (including phenoxy) is 3. The van der Waals surface area contributed by atoms with Crippen molar-refractivity contribution >= 4 is 30.7 Å². The highest BCUT2D eigenvalue weighted by Crippen LogP contribution is 2.48. The number of imide groups is 1. The molecule has 0 spiro atoms. The number of cyclic esters (lactones) is 1. The molecule has 256 valence electrons. The topological polar surface area (TPSA) is 74.3 Å². The summed E-state index contributed by atoms with van der Waals surface area (Å²) in [7, 11) is 0.188. The van der Waals surface area contributed by atoms with E-state index in [0.29, 0.717) is 17.2 Å². The standard InChI is InChI=1S/C41H47NO6Si/c1-41(2,3)49(32-22-14-8-15-23-32,33-24-16-9-17-25-33)48-38-35(45-4)26-31(27-36(38)46-5)37(30-20-12-7-13-21-30)39(43)42-34(28-47-40(42)44)29-18-10-6-11-19-29/h6,8-11,14-19,22-27,30,34,37H,7,12-13,20-21,28H2,1-5H3. The summed E-state index contributed by atoms with van der Waals surface area (Å²) in [5.74, 6) is 0.665. The van der Waals surface area contributed by atoms with Gasteiger partial charge in [-0.3, -0.25) is 4.79 Å². The summed E-state index contributed by atoms with van der Waals surface area (Å²) in [5.41, 5.74) is 1.61. The summed E-state index contributed by atoms with van der Waals surface area (Å²) >= 11 is 0. The van der Waals surface area contributed by atoms with Crippen LogP contribution < -0.4 is 24.3 Å². The van der Waals surface area contributed by atoms with Crippen molar-refractivity contribution in [2.45, 2.75) is 69.9 Å². The van der Waals surface area contributed by atoms with Gasteiger partial charge in [-0.15, -0.1) is 0 Å². The predicted molar refractivity (Wildman–Crippen MR) is 194 cm³/mol. The average Bonchev–Trinajstić information content (AvgIpc) is 3.52. The number of hydrogen-bond donors (Lipinski definition) is 0. The van der Waals surface area contributed by atoms with Gasteiger partial charge in [0, 0.05) is 0 Å². The van der Waals surface area contributed by atoms with Crippen LogP contribution in [0.25, 0.3) is 0 Å². The Morgan fingerprint density at radius 1 is 0.796 bits per heavy atom. The molecule has 49 heavy (non-hydrogen) atoms. The van der Waals surface area contributed by atoms with E-state index in [4.69, 9.17) is 18.6 Å². The minimum atomic E-state index is -3.06. The van der Waals surface area contributed by atoms with Crippen LogP contribution in [0.4, 0.5) is 4.79 Å². The molecule has 1 aliphatic heterocycles. The summed E-state index contributed by atoms with van der Waals surface area (Å²) < 4.78 is 25.2. The number of rotatable bonds is 10. The molecule has 0 bridgehead atoms. The molecular formula is C41H47NO6Si. The maximum Gasteiger partial charge on any atom is 0.417 e. The number of carbonyl (C=O) groups is 2. The minimum Gasteiger partial charge on any atom is -0.529 e.